The van der Waals surface area contributed by atoms with Gasteiger partial charge in [0.15, 0.2) is 0 Å². The average Bonchev–Trinajstić information content (AvgIpc) is 2.43. The lowest BCUT2D eigenvalue weighted by molar-refractivity contribution is 0.408. The molecule has 0 aromatic heterocycles. The Bertz CT molecular complexity index is 579. The zero-order valence-corrected chi connectivity index (χ0v) is 13.1. The number of nitrogens with one attached hydrogen (secondary N) is 1. The lowest BCUT2D eigenvalue weighted by Crippen LogP contribution is -2.12. The molecule has 0 saturated carbocycles. The lowest BCUT2D eigenvalue weighted by Gasteiger charge is -2.12. The summed E-state index contributed by atoms with van der Waals surface area (Å²) in [6.45, 7) is 3.76. The predicted octanol–water partition coefficient (Wildman–Crippen LogP) is 4.78. The van der Waals surface area contributed by atoms with Gasteiger partial charge in [0, 0.05) is 22.2 Å². The summed E-state index contributed by atoms with van der Waals surface area (Å²) in [6, 6.07) is 11.6. The number of halogens is 2. The Morgan fingerprint density at radius 2 is 1.70 bits per heavy atom. The molecule has 106 valence electrons. The summed E-state index contributed by atoms with van der Waals surface area (Å²) >= 11 is 12.1. The van der Waals surface area contributed by atoms with Gasteiger partial charge in [0.2, 0.25) is 0 Å². The Labute approximate surface area is 129 Å². The van der Waals surface area contributed by atoms with Crippen molar-refractivity contribution < 1.29 is 4.74 Å². The van der Waals surface area contributed by atoms with Crippen LogP contribution < -0.4 is 10.1 Å². The molecule has 0 saturated heterocycles. The molecule has 4 heteroatoms. The van der Waals surface area contributed by atoms with Crippen molar-refractivity contribution in [3.05, 3.63) is 52.0 Å². The van der Waals surface area contributed by atoms with E-state index >= 15 is 0 Å². The van der Waals surface area contributed by atoms with E-state index in [9.17, 15) is 0 Å². The number of hydrogen-bond donors (Lipinski definition) is 1. The predicted molar refractivity (Wildman–Crippen MR) is 85.8 cm³/mol. The molecular weight excluding hydrogens is 293 g/mol. The summed E-state index contributed by atoms with van der Waals surface area (Å²) in [5, 5.41) is 4.58. The fourth-order valence-electron chi connectivity index (χ4n) is 2.08. The van der Waals surface area contributed by atoms with Crippen molar-refractivity contribution in [2.24, 2.45) is 0 Å². The van der Waals surface area contributed by atoms with Gasteiger partial charge in [0.25, 0.3) is 0 Å². The van der Waals surface area contributed by atoms with Gasteiger partial charge >= 0.3 is 0 Å². The third-order valence-corrected chi connectivity index (χ3v) is 3.48. The number of rotatable bonds is 5. The van der Waals surface area contributed by atoms with Gasteiger partial charge in [-0.3, -0.25) is 0 Å². The van der Waals surface area contributed by atoms with Crippen LogP contribution in [0.4, 0.5) is 0 Å². The molecule has 0 aliphatic rings. The van der Waals surface area contributed by atoms with Gasteiger partial charge in [0.1, 0.15) is 5.75 Å². The van der Waals surface area contributed by atoms with E-state index in [1.165, 1.54) is 0 Å². The molecule has 0 radical (unpaired) electrons. The Morgan fingerprint density at radius 3 is 2.30 bits per heavy atom. The summed E-state index contributed by atoms with van der Waals surface area (Å²) in [6.07, 6.45) is 0. The second kappa shape index (κ2) is 6.98. The van der Waals surface area contributed by atoms with Crippen molar-refractivity contribution in [3.8, 4) is 16.9 Å². The Morgan fingerprint density at radius 1 is 1.00 bits per heavy atom. The van der Waals surface area contributed by atoms with E-state index in [1.807, 2.05) is 24.3 Å². The van der Waals surface area contributed by atoms with Crippen molar-refractivity contribution in [1.29, 1.82) is 0 Å². The van der Waals surface area contributed by atoms with Crippen LogP contribution in [0.2, 0.25) is 10.0 Å². The van der Waals surface area contributed by atoms with Crippen LogP contribution >= 0.6 is 23.2 Å². The molecule has 0 heterocycles. The highest BCUT2D eigenvalue weighted by Gasteiger charge is 2.07. The molecule has 0 amide bonds. The maximum absolute atomic E-state index is 6.06. The molecular formula is C16H17Cl2NO. The first-order valence-electron chi connectivity index (χ1n) is 6.48. The van der Waals surface area contributed by atoms with Crippen molar-refractivity contribution in [2.45, 2.75) is 13.5 Å². The number of methoxy groups -OCH3 is 1. The van der Waals surface area contributed by atoms with E-state index in [2.05, 4.69) is 18.3 Å². The van der Waals surface area contributed by atoms with Crippen LogP contribution in [0.15, 0.2) is 36.4 Å². The molecule has 2 nitrogen and oxygen atoms in total. The zero-order chi connectivity index (χ0) is 14.5. The van der Waals surface area contributed by atoms with Crippen LogP contribution in [0.25, 0.3) is 11.1 Å². The second-order valence-electron chi connectivity index (χ2n) is 4.47. The molecule has 2 rings (SSSR count). The molecule has 0 fully saturated rings. The average molecular weight is 310 g/mol. The highest BCUT2D eigenvalue weighted by Crippen LogP contribution is 2.30. The topological polar surface area (TPSA) is 21.3 Å². The minimum atomic E-state index is 0.636. The van der Waals surface area contributed by atoms with Crippen molar-refractivity contribution >= 4 is 23.2 Å². The maximum Gasteiger partial charge on any atom is 0.123 e. The molecule has 0 bridgehead atoms. The van der Waals surface area contributed by atoms with E-state index in [-0.39, 0.29) is 0 Å². The summed E-state index contributed by atoms with van der Waals surface area (Å²) in [4.78, 5) is 0. The van der Waals surface area contributed by atoms with E-state index in [4.69, 9.17) is 27.9 Å². The van der Waals surface area contributed by atoms with Crippen molar-refractivity contribution in [2.75, 3.05) is 13.7 Å². The SMILES string of the molecule is CCNCc1cc(-c2cc(Cl)cc(Cl)c2)ccc1OC. The zero-order valence-electron chi connectivity index (χ0n) is 11.5. The summed E-state index contributed by atoms with van der Waals surface area (Å²) in [5.41, 5.74) is 3.19. The molecule has 20 heavy (non-hydrogen) atoms. The van der Waals surface area contributed by atoms with Crippen LogP contribution in [0.5, 0.6) is 5.75 Å². The van der Waals surface area contributed by atoms with Crippen LogP contribution in [0, 0.1) is 0 Å². The van der Waals surface area contributed by atoms with Gasteiger partial charge in [-0.25, -0.2) is 0 Å². The molecule has 0 unspecified atom stereocenters. The smallest absolute Gasteiger partial charge is 0.123 e. The summed E-state index contributed by atoms with van der Waals surface area (Å²) in [5.74, 6) is 0.878. The molecule has 0 atom stereocenters. The molecule has 1 N–H and O–H groups in total. The van der Waals surface area contributed by atoms with Gasteiger partial charge in [-0.1, -0.05) is 36.2 Å². The molecule has 0 spiro atoms. The minimum Gasteiger partial charge on any atom is -0.496 e. The van der Waals surface area contributed by atoms with Gasteiger partial charge in [-0.15, -0.1) is 0 Å². The second-order valence-corrected chi connectivity index (χ2v) is 5.34. The van der Waals surface area contributed by atoms with Crippen LogP contribution in [-0.4, -0.2) is 13.7 Å². The number of hydrogen-bond acceptors (Lipinski definition) is 2. The van der Waals surface area contributed by atoms with Gasteiger partial charge < -0.3 is 10.1 Å². The maximum atomic E-state index is 6.06. The van der Waals surface area contributed by atoms with E-state index < -0.39 is 0 Å². The summed E-state index contributed by atoms with van der Waals surface area (Å²) < 4.78 is 5.39. The highest BCUT2D eigenvalue weighted by molar-refractivity contribution is 6.35. The normalized spacial score (nSPS) is 10.6. The molecule has 2 aromatic carbocycles. The first kappa shape index (κ1) is 15.2. The van der Waals surface area contributed by atoms with Gasteiger partial charge in [-0.2, -0.15) is 0 Å². The monoisotopic (exact) mass is 309 g/mol. The Hall–Kier alpha value is -1.22. The lowest BCUT2D eigenvalue weighted by atomic mass is 10.0. The molecule has 0 aliphatic heterocycles. The fraction of sp³-hybridized carbons (Fsp3) is 0.250. The van der Waals surface area contributed by atoms with Crippen LogP contribution in [-0.2, 0) is 6.54 Å². The summed E-state index contributed by atoms with van der Waals surface area (Å²) in [7, 11) is 1.68. The van der Waals surface area contributed by atoms with Gasteiger partial charge in [-0.05, 0) is 48.0 Å². The van der Waals surface area contributed by atoms with Crippen molar-refractivity contribution in [1.82, 2.24) is 5.32 Å². The van der Waals surface area contributed by atoms with E-state index in [1.54, 1.807) is 13.2 Å². The number of benzene rings is 2. The first-order chi connectivity index (χ1) is 9.63. The first-order valence-corrected chi connectivity index (χ1v) is 7.23. The fourth-order valence-corrected chi connectivity index (χ4v) is 2.60. The minimum absolute atomic E-state index is 0.636. The van der Waals surface area contributed by atoms with E-state index in [0.717, 1.165) is 35.5 Å². The third-order valence-electron chi connectivity index (χ3n) is 3.04. The standard InChI is InChI=1S/C16H17Cl2NO/c1-3-19-10-13-6-11(4-5-16(13)20-2)12-7-14(17)9-15(18)8-12/h4-9,19H,3,10H2,1-2H3. The largest absolute Gasteiger partial charge is 0.496 e. The molecule has 2 aromatic rings. The number of ether oxygens (including phenoxy) is 1. The van der Waals surface area contributed by atoms with Crippen LogP contribution in [0.3, 0.4) is 0 Å². The third kappa shape index (κ3) is 3.66. The highest BCUT2D eigenvalue weighted by atomic mass is 35.5. The Balaban J connectivity index is 2.41. The van der Waals surface area contributed by atoms with Crippen LogP contribution in [0.1, 0.15) is 12.5 Å². The Kier molecular flexibility index (Phi) is 5.30. The molecule has 0 aliphatic carbocycles. The van der Waals surface area contributed by atoms with Gasteiger partial charge in [0.05, 0.1) is 7.11 Å². The van der Waals surface area contributed by atoms with Crippen molar-refractivity contribution in [3.63, 3.8) is 0 Å². The quantitative estimate of drug-likeness (QED) is 0.858. The van der Waals surface area contributed by atoms with E-state index in [0.29, 0.717) is 10.0 Å².